The highest BCUT2D eigenvalue weighted by Crippen LogP contribution is 2.52. The van der Waals surface area contributed by atoms with Crippen LogP contribution >= 0.6 is 0 Å². The van der Waals surface area contributed by atoms with E-state index in [1.165, 1.54) is 11.4 Å². The maximum absolute atomic E-state index is 13.2. The Morgan fingerprint density at radius 3 is 2.27 bits per heavy atom. The number of esters is 1. The van der Waals surface area contributed by atoms with Crippen molar-refractivity contribution in [1.29, 1.82) is 0 Å². The number of aliphatic hydroxyl groups excluding tert-OH is 3. The van der Waals surface area contributed by atoms with Gasteiger partial charge in [-0.25, -0.2) is 13.2 Å². The monoisotopic (exact) mass is 580 g/mol. The predicted molar refractivity (Wildman–Crippen MR) is 137 cm³/mol. The van der Waals surface area contributed by atoms with Crippen molar-refractivity contribution in [3.63, 3.8) is 0 Å². The number of fused-ring (bicyclic) bond motifs is 3. The van der Waals surface area contributed by atoms with E-state index in [-0.39, 0.29) is 60.1 Å². The quantitative estimate of drug-likeness (QED) is 0.279. The molecule has 5 rings (SSSR count). The third-order valence-electron chi connectivity index (χ3n) is 7.72. The van der Waals surface area contributed by atoms with Crippen molar-refractivity contribution < 1.29 is 53.0 Å². The van der Waals surface area contributed by atoms with Crippen LogP contribution in [0.15, 0.2) is 29.2 Å². The molecule has 218 valence electrons. The molecule has 0 radical (unpaired) electrons. The van der Waals surface area contributed by atoms with Crippen LogP contribution in [0.3, 0.4) is 0 Å². The van der Waals surface area contributed by atoms with Crippen LogP contribution in [0.4, 0.5) is 0 Å². The molecule has 13 nitrogen and oxygen atoms in total. The van der Waals surface area contributed by atoms with Gasteiger partial charge in [-0.3, -0.25) is 4.90 Å². The fourth-order valence-electron chi connectivity index (χ4n) is 5.48. The number of rotatable bonds is 6. The Morgan fingerprint density at radius 2 is 1.68 bits per heavy atom. The first kappa shape index (κ1) is 28.5. The molecule has 3 aliphatic rings. The van der Waals surface area contributed by atoms with E-state index in [2.05, 4.69) is 0 Å². The highest BCUT2D eigenvalue weighted by atomic mass is 32.2. The maximum Gasteiger partial charge on any atom is 0.339 e. The summed E-state index contributed by atoms with van der Waals surface area (Å²) in [6, 6.07) is 6.59. The normalized spacial score (nSPS) is 27.5. The molecule has 2 aromatic rings. The van der Waals surface area contributed by atoms with Crippen LogP contribution in [-0.4, -0.2) is 113 Å². The van der Waals surface area contributed by atoms with E-state index < -0.39 is 64.6 Å². The number of aromatic hydroxyl groups is 2. The van der Waals surface area contributed by atoms with E-state index in [0.717, 1.165) is 5.56 Å². The van der Waals surface area contributed by atoms with Crippen LogP contribution in [-0.2, 0) is 26.0 Å². The Balaban J connectivity index is 1.44. The number of hydrogen-bond acceptors (Lipinski definition) is 12. The molecule has 0 aliphatic carbocycles. The molecule has 0 amide bonds. The molecule has 14 heteroatoms. The van der Waals surface area contributed by atoms with Gasteiger partial charge >= 0.3 is 5.97 Å². The average Bonchev–Trinajstić information content (AvgIpc) is 2.93. The molecule has 5 unspecified atom stereocenters. The van der Waals surface area contributed by atoms with E-state index in [4.69, 9.17) is 14.2 Å². The van der Waals surface area contributed by atoms with Crippen molar-refractivity contribution in [3.8, 4) is 17.2 Å². The van der Waals surface area contributed by atoms with E-state index in [9.17, 15) is 38.7 Å². The number of phenolic OH excluding ortho intramolecular Hbond substituents is 2. The Labute approximate surface area is 230 Å². The number of nitrogens with zero attached hydrogens (tertiary/aromatic N) is 2. The average molecular weight is 581 g/mol. The van der Waals surface area contributed by atoms with Crippen LogP contribution in [0, 0.1) is 6.92 Å². The van der Waals surface area contributed by atoms with Crippen LogP contribution in [0.25, 0.3) is 0 Å². The van der Waals surface area contributed by atoms with Gasteiger partial charge in [0.25, 0.3) is 0 Å². The highest BCUT2D eigenvalue weighted by Gasteiger charge is 2.53. The molecular weight excluding hydrogens is 548 g/mol. The fourth-order valence-corrected chi connectivity index (χ4v) is 6.90. The molecule has 0 spiro atoms. The van der Waals surface area contributed by atoms with Gasteiger partial charge < -0.3 is 39.7 Å². The number of hydrogen-bond donors (Lipinski definition) is 5. The third kappa shape index (κ3) is 4.68. The zero-order valence-corrected chi connectivity index (χ0v) is 22.7. The zero-order chi connectivity index (χ0) is 28.9. The second-order valence-electron chi connectivity index (χ2n) is 10.1. The molecule has 2 saturated heterocycles. The van der Waals surface area contributed by atoms with Gasteiger partial charge in [-0.05, 0) is 19.1 Å². The summed E-state index contributed by atoms with van der Waals surface area (Å²) in [7, 11) is -2.49. The Hall–Kier alpha value is -2.98. The topological polar surface area (TPSA) is 187 Å². The van der Waals surface area contributed by atoms with Gasteiger partial charge in [0.1, 0.15) is 24.4 Å². The molecule has 3 heterocycles. The molecule has 2 fully saturated rings. The molecule has 0 aromatic heterocycles. The molecule has 3 aliphatic heterocycles. The highest BCUT2D eigenvalue weighted by molar-refractivity contribution is 7.89. The number of sulfonamides is 1. The van der Waals surface area contributed by atoms with Crippen molar-refractivity contribution in [3.05, 3.63) is 46.5 Å². The van der Waals surface area contributed by atoms with Gasteiger partial charge in [-0.2, -0.15) is 4.31 Å². The summed E-state index contributed by atoms with van der Waals surface area (Å²) in [5, 5.41) is 52.5. The van der Waals surface area contributed by atoms with Crippen LogP contribution in [0.2, 0.25) is 0 Å². The van der Waals surface area contributed by atoms with E-state index >= 15 is 0 Å². The van der Waals surface area contributed by atoms with Crippen molar-refractivity contribution in [2.24, 2.45) is 0 Å². The molecule has 40 heavy (non-hydrogen) atoms. The van der Waals surface area contributed by atoms with Gasteiger partial charge in [0, 0.05) is 43.9 Å². The number of phenols is 2. The van der Waals surface area contributed by atoms with Gasteiger partial charge in [-0.1, -0.05) is 17.7 Å². The number of ether oxygens (including phenoxy) is 3. The Morgan fingerprint density at radius 1 is 1.02 bits per heavy atom. The van der Waals surface area contributed by atoms with Crippen molar-refractivity contribution in [1.82, 2.24) is 9.21 Å². The number of methoxy groups -OCH3 is 1. The Kier molecular flexibility index (Phi) is 7.69. The maximum atomic E-state index is 13.2. The molecule has 0 saturated carbocycles. The first-order valence-electron chi connectivity index (χ1n) is 12.8. The first-order valence-corrected chi connectivity index (χ1v) is 14.2. The largest absolute Gasteiger partial charge is 0.504 e. The molecule has 5 N–H and O–H groups in total. The van der Waals surface area contributed by atoms with Crippen molar-refractivity contribution in [2.75, 3.05) is 39.9 Å². The second-order valence-corrected chi connectivity index (χ2v) is 12.1. The lowest BCUT2D eigenvalue weighted by Gasteiger charge is -2.45. The summed E-state index contributed by atoms with van der Waals surface area (Å²) < 4.78 is 43.9. The van der Waals surface area contributed by atoms with E-state index in [1.807, 2.05) is 11.8 Å². The molecule has 5 atom stereocenters. The van der Waals surface area contributed by atoms with Gasteiger partial charge in [0.2, 0.25) is 15.8 Å². The number of piperazine rings is 1. The van der Waals surface area contributed by atoms with Gasteiger partial charge in [0.05, 0.1) is 24.2 Å². The lowest BCUT2D eigenvalue weighted by molar-refractivity contribution is -0.235. The van der Waals surface area contributed by atoms with Gasteiger partial charge in [0.15, 0.2) is 17.6 Å². The van der Waals surface area contributed by atoms with E-state index in [1.54, 1.807) is 24.3 Å². The summed E-state index contributed by atoms with van der Waals surface area (Å²) in [5.74, 6) is -2.39. The number of carbonyl (C=O) groups excluding carboxylic acids is 1. The number of carbonyl (C=O) groups is 1. The lowest BCUT2D eigenvalue weighted by atomic mass is 9.84. The first-order chi connectivity index (χ1) is 19.0. The summed E-state index contributed by atoms with van der Waals surface area (Å²) in [4.78, 5) is 15.2. The molecule has 0 bridgehead atoms. The van der Waals surface area contributed by atoms with E-state index in [0.29, 0.717) is 0 Å². The van der Waals surface area contributed by atoms with Crippen LogP contribution in [0.5, 0.6) is 17.2 Å². The summed E-state index contributed by atoms with van der Waals surface area (Å²) in [5.41, 5.74) is 0.716. The third-order valence-corrected chi connectivity index (χ3v) is 9.63. The summed E-state index contributed by atoms with van der Waals surface area (Å²) in [6.45, 7) is 2.07. The lowest BCUT2D eigenvalue weighted by Crippen LogP contribution is -2.58. The van der Waals surface area contributed by atoms with Crippen LogP contribution in [0.1, 0.15) is 33.2 Å². The van der Waals surface area contributed by atoms with Crippen LogP contribution < -0.4 is 4.74 Å². The molecule has 2 aromatic carbocycles. The zero-order valence-electron chi connectivity index (χ0n) is 21.9. The Bertz CT molecular complexity index is 1390. The minimum atomic E-state index is -3.70. The standard InChI is InChI=1S/C26H32N2O11S/c1-13-3-5-14(6-4-13)40(35,36)28-9-7-27(8-10-28)11-15-17-18(21(32)24(37-2)19(15)30)23-25(39-26(17)34)22(33)20(31)16(12-29)38-23/h3-6,16,20,22-23,25,29-33H,7-12H2,1-2H3. The minimum Gasteiger partial charge on any atom is -0.504 e. The fraction of sp³-hybridized carbons (Fsp3) is 0.500. The number of aryl methyl sites for hydroxylation is 1. The SMILES string of the molecule is COc1c(O)c(CN2CCN(S(=O)(=O)c3ccc(C)cc3)CC2)c2c(c1O)C1OC(CO)C(O)C(O)C1OC2=O. The summed E-state index contributed by atoms with van der Waals surface area (Å²) >= 11 is 0. The minimum absolute atomic E-state index is 0.0235. The smallest absolute Gasteiger partial charge is 0.339 e. The summed E-state index contributed by atoms with van der Waals surface area (Å²) in [6.07, 6.45) is -7.05. The van der Waals surface area contributed by atoms with Crippen molar-refractivity contribution >= 4 is 16.0 Å². The van der Waals surface area contributed by atoms with Gasteiger partial charge in [-0.15, -0.1) is 0 Å². The van der Waals surface area contributed by atoms with Crippen molar-refractivity contribution in [2.45, 2.75) is 48.9 Å². The predicted octanol–water partition coefficient (Wildman–Crippen LogP) is -0.386. The number of benzene rings is 2. The molecular formula is C26H32N2O11S. The number of aliphatic hydroxyl groups is 3. The second kappa shape index (κ2) is 10.8.